The summed E-state index contributed by atoms with van der Waals surface area (Å²) < 4.78 is 5.23. The Labute approximate surface area is 89.4 Å². The van der Waals surface area contributed by atoms with Crippen LogP contribution in [0.1, 0.15) is 43.4 Å². The lowest BCUT2D eigenvalue weighted by Crippen LogP contribution is -2.25. The molecular formula is C11H18N2O2. The first kappa shape index (κ1) is 10.6. The number of hydrogen-bond donors (Lipinski definition) is 2. The molecule has 2 rings (SSSR count). The molecule has 0 spiro atoms. The summed E-state index contributed by atoms with van der Waals surface area (Å²) >= 11 is 0. The van der Waals surface area contributed by atoms with Gasteiger partial charge in [0.15, 0.2) is 0 Å². The molecule has 0 radical (unpaired) electrons. The molecule has 1 aliphatic carbocycles. The van der Waals surface area contributed by atoms with Crippen molar-refractivity contribution < 1.29 is 9.63 Å². The van der Waals surface area contributed by atoms with Gasteiger partial charge in [-0.05, 0) is 24.8 Å². The lowest BCUT2D eigenvalue weighted by Gasteiger charge is -2.31. The van der Waals surface area contributed by atoms with Crippen LogP contribution in [0.5, 0.6) is 0 Å². The van der Waals surface area contributed by atoms with Crippen LogP contribution in [0.2, 0.25) is 0 Å². The van der Waals surface area contributed by atoms with E-state index in [0.717, 1.165) is 29.9 Å². The maximum Gasteiger partial charge on any atom is 0.144 e. The second-order valence-corrected chi connectivity index (χ2v) is 5.07. The summed E-state index contributed by atoms with van der Waals surface area (Å²) in [4.78, 5) is 0. The van der Waals surface area contributed by atoms with E-state index in [9.17, 15) is 5.11 Å². The average molecular weight is 210 g/mol. The summed E-state index contributed by atoms with van der Waals surface area (Å²) in [6.45, 7) is 4.80. The van der Waals surface area contributed by atoms with Crippen LogP contribution >= 0.6 is 0 Å². The Morgan fingerprint density at radius 1 is 1.60 bits per heavy atom. The van der Waals surface area contributed by atoms with Gasteiger partial charge in [-0.2, -0.15) is 0 Å². The fraction of sp³-hybridized carbons (Fsp3) is 0.727. The fourth-order valence-electron chi connectivity index (χ4n) is 2.34. The molecule has 4 heteroatoms. The predicted molar refractivity (Wildman–Crippen MR) is 56.3 cm³/mol. The van der Waals surface area contributed by atoms with Crippen LogP contribution in [-0.2, 0) is 12.8 Å². The van der Waals surface area contributed by atoms with E-state index in [1.165, 1.54) is 0 Å². The van der Waals surface area contributed by atoms with Crippen molar-refractivity contribution in [3.05, 3.63) is 17.0 Å². The first-order chi connectivity index (χ1) is 7.03. The van der Waals surface area contributed by atoms with Gasteiger partial charge in [0.25, 0.3) is 0 Å². The molecule has 0 aromatic carbocycles. The largest absolute Gasteiger partial charge is 0.388 e. The molecule has 0 aliphatic heterocycles. The third-order valence-electron chi connectivity index (χ3n) is 2.97. The zero-order valence-electron chi connectivity index (χ0n) is 9.29. The topological polar surface area (TPSA) is 72.3 Å². The summed E-state index contributed by atoms with van der Waals surface area (Å²) in [5.41, 5.74) is 7.38. The van der Waals surface area contributed by atoms with Crippen molar-refractivity contribution in [2.45, 2.75) is 39.2 Å². The van der Waals surface area contributed by atoms with Crippen molar-refractivity contribution >= 4 is 0 Å². The van der Waals surface area contributed by atoms with Crippen LogP contribution in [0.3, 0.4) is 0 Å². The van der Waals surface area contributed by atoms with E-state index in [-0.39, 0.29) is 5.41 Å². The molecule has 15 heavy (non-hydrogen) atoms. The molecule has 84 valence electrons. The highest BCUT2D eigenvalue weighted by Gasteiger charge is 2.35. The van der Waals surface area contributed by atoms with Crippen LogP contribution in [0.25, 0.3) is 0 Å². The van der Waals surface area contributed by atoms with E-state index in [1.54, 1.807) is 0 Å². The van der Waals surface area contributed by atoms with Crippen molar-refractivity contribution in [2.24, 2.45) is 11.1 Å². The maximum atomic E-state index is 10.1. The van der Waals surface area contributed by atoms with E-state index < -0.39 is 6.10 Å². The number of aromatic nitrogens is 1. The second kappa shape index (κ2) is 3.61. The van der Waals surface area contributed by atoms with Gasteiger partial charge >= 0.3 is 0 Å². The zero-order valence-corrected chi connectivity index (χ0v) is 9.29. The highest BCUT2D eigenvalue weighted by Crippen LogP contribution is 2.41. The quantitative estimate of drug-likeness (QED) is 0.769. The molecule has 4 nitrogen and oxygen atoms in total. The smallest absolute Gasteiger partial charge is 0.144 e. The number of aliphatic hydroxyl groups excluding tert-OH is 1. The van der Waals surface area contributed by atoms with Crippen molar-refractivity contribution in [3.63, 3.8) is 0 Å². The SMILES string of the molecule is CC1(C)Cc2noc(CCN)c2C(O)C1. The minimum Gasteiger partial charge on any atom is -0.388 e. The number of aliphatic hydroxyl groups is 1. The highest BCUT2D eigenvalue weighted by molar-refractivity contribution is 5.29. The standard InChI is InChI=1S/C11H18N2O2/c1-11(2)5-7-10(8(14)6-11)9(3-4-12)15-13-7/h8,14H,3-6,12H2,1-2H3. The first-order valence-electron chi connectivity index (χ1n) is 5.39. The second-order valence-electron chi connectivity index (χ2n) is 5.07. The Morgan fingerprint density at radius 3 is 3.00 bits per heavy atom. The summed E-state index contributed by atoms with van der Waals surface area (Å²) in [6.07, 6.45) is 1.84. The lowest BCUT2D eigenvalue weighted by molar-refractivity contribution is 0.0985. The molecule has 1 aliphatic rings. The molecule has 0 bridgehead atoms. The molecule has 1 unspecified atom stereocenters. The van der Waals surface area contributed by atoms with E-state index in [4.69, 9.17) is 10.3 Å². The summed E-state index contributed by atoms with van der Waals surface area (Å²) in [5.74, 6) is 0.760. The molecule has 0 saturated carbocycles. The molecule has 3 N–H and O–H groups in total. The van der Waals surface area contributed by atoms with E-state index in [2.05, 4.69) is 19.0 Å². The van der Waals surface area contributed by atoms with Gasteiger partial charge in [0.1, 0.15) is 5.76 Å². The van der Waals surface area contributed by atoms with Crippen LogP contribution in [-0.4, -0.2) is 16.8 Å². The van der Waals surface area contributed by atoms with Gasteiger partial charge in [-0.3, -0.25) is 0 Å². The summed E-state index contributed by atoms with van der Waals surface area (Å²) in [5, 5.41) is 14.1. The Bertz CT molecular complexity index is 357. The molecule has 1 heterocycles. The monoisotopic (exact) mass is 210 g/mol. The zero-order chi connectivity index (χ0) is 11.1. The van der Waals surface area contributed by atoms with Gasteiger partial charge in [-0.15, -0.1) is 0 Å². The Hall–Kier alpha value is -0.870. The fourth-order valence-corrected chi connectivity index (χ4v) is 2.34. The number of nitrogens with zero attached hydrogens (tertiary/aromatic N) is 1. The predicted octanol–water partition coefficient (Wildman–Crippen LogP) is 1.18. The van der Waals surface area contributed by atoms with Crippen molar-refractivity contribution in [1.82, 2.24) is 5.16 Å². The van der Waals surface area contributed by atoms with Crippen molar-refractivity contribution in [3.8, 4) is 0 Å². The minimum atomic E-state index is -0.448. The number of nitrogens with two attached hydrogens (primary N) is 1. The highest BCUT2D eigenvalue weighted by atomic mass is 16.5. The van der Waals surface area contributed by atoms with Crippen molar-refractivity contribution in [1.29, 1.82) is 0 Å². The van der Waals surface area contributed by atoms with Gasteiger partial charge in [0.05, 0.1) is 11.8 Å². The van der Waals surface area contributed by atoms with Crippen LogP contribution in [0.15, 0.2) is 4.52 Å². The number of rotatable bonds is 2. The Balaban J connectivity index is 2.34. The average Bonchev–Trinajstić information content (AvgIpc) is 2.46. The van der Waals surface area contributed by atoms with Crippen LogP contribution < -0.4 is 5.73 Å². The van der Waals surface area contributed by atoms with Gasteiger partial charge < -0.3 is 15.4 Å². The molecule has 0 fully saturated rings. The van der Waals surface area contributed by atoms with Crippen LogP contribution in [0.4, 0.5) is 0 Å². The number of fused-ring (bicyclic) bond motifs is 1. The Morgan fingerprint density at radius 2 is 2.33 bits per heavy atom. The summed E-state index contributed by atoms with van der Waals surface area (Å²) in [6, 6.07) is 0. The van der Waals surface area contributed by atoms with E-state index >= 15 is 0 Å². The van der Waals surface area contributed by atoms with E-state index in [1.807, 2.05) is 0 Å². The van der Waals surface area contributed by atoms with Crippen molar-refractivity contribution in [2.75, 3.05) is 6.54 Å². The third-order valence-corrected chi connectivity index (χ3v) is 2.97. The molecule has 1 atom stereocenters. The van der Waals surface area contributed by atoms with Crippen LogP contribution in [0, 0.1) is 5.41 Å². The normalized spacial score (nSPS) is 23.9. The number of hydrogen-bond acceptors (Lipinski definition) is 4. The first-order valence-corrected chi connectivity index (χ1v) is 5.39. The van der Waals surface area contributed by atoms with Gasteiger partial charge in [-0.1, -0.05) is 19.0 Å². The molecule has 0 saturated heterocycles. The Kier molecular flexibility index (Phi) is 2.56. The maximum absolute atomic E-state index is 10.1. The summed E-state index contributed by atoms with van der Waals surface area (Å²) in [7, 11) is 0. The van der Waals surface area contributed by atoms with E-state index in [0.29, 0.717) is 13.0 Å². The van der Waals surface area contributed by atoms with Gasteiger partial charge in [-0.25, -0.2) is 0 Å². The van der Waals surface area contributed by atoms with Gasteiger partial charge in [0.2, 0.25) is 0 Å². The van der Waals surface area contributed by atoms with Gasteiger partial charge in [0, 0.05) is 12.0 Å². The molecule has 1 aromatic heterocycles. The molecule has 1 aromatic rings. The minimum absolute atomic E-state index is 0.100. The third kappa shape index (κ3) is 1.92. The molecule has 0 amide bonds. The molecular weight excluding hydrogens is 192 g/mol. The lowest BCUT2D eigenvalue weighted by atomic mass is 9.75.